The van der Waals surface area contributed by atoms with Gasteiger partial charge in [0.05, 0.1) is 6.61 Å². The highest BCUT2D eigenvalue weighted by atomic mass is 35.5. The number of carbonyl (C=O) groups excluding carboxylic acids is 2. The molecule has 90 valence electrons. The number of ketones is 1. The third-order valence-electron chi connectivity index (χ3n) is 3.08. The van der Waals surface area contributed by atoms with Crippen LogP contribution in [0.15, 0.2) is 18.2 Å². The van der Waals surface area contributed by atoms with Crippen LogP contribution in [-0.2, 0) is 16.0 Å². The van der Waals surface area contributed by atoms with Crippen LogP contribution in [-0.4, -0.2) is 18.4 Å². The fourth-order valence-corrected chi connectivity index (χ4v) is 2.34. The van der Waals surface area contributed by atoms with Crippen LogP contribution in [0.25, 0.3) is 0 Å². The topological polar surface area (TPSA) is 43.4 Å². The average Bonchev–Trinajstić information content (AvgIpc) is 2.52. The van der Waals surface area contributed by atoms with Crippen molar-refractivity contribution in [1.29, 1.82) is 0 Å². The number of esters is 1. The highest BCUT2D eigenvalue weighted by molar-refractivity contribution is 6.31. The van der Waals surface area contributed by atoms with E-state index in [1.54, 1.807) is 32.0 Å². The first-order valence-corrected chi connectivity index (χ1v) is 5.87. The minimum absolute atomic E-state index is 0.178. The van der Waals surface area contributed by atoms with Crippen LogP contribution < -0.4 is 0 Å². The lowest BCUT2D eigenvalue weighted by atomic mass is 9.86. The predicted molar refractivity (Wildman–Crippen MR) is 64.2 cm³/mol. The Labute approximate surface area is 105 Å². The van der Waals surface area contributed by atoms with Gasteiger partial charge in [0.25, 0.3) is 0 Å². The molecule has 0 aliphatic heterocycles. The van der Waals surface area contributed by atoms with Crippen molar-refractivity contribution in [2.45, 2.75) is 20.3 Å². The Morgan fingerprint density at radius 1 is 1.53 bits per heavy atom. The largest absolute Gasteiger partial charge is 0.465 e. The van der Waals surface area contributed by atoms with Gasteiger partial charge in [-0.25, -0.2) is 0 Å². The number of rotatable bonds is 2. The molecule has 3 nitrogen and oxygen atoms in total. The normalized spacial score (nSPS) is 22.4. The van der Waals surface area contributed by atoms with Crippen molar-refractivity contribution in [3.63, 3.8) is 0 Å². The van der Waals surface area contributed by atoms with Gasteiger partial charge in [-0.2, -0.15) is 0 Å². The van der Waals surface area contributed by atoms with Crippen LogP contribution in [0.2, 0.25) is 5.02 Å². The van der Waals surface area contributed by atoms with Gasteiger partial charge >= 0.3 is 5.97 Å². The van der Waals surface area contributed by atoms with Crippen LogP contribution in [0.4, 0.5) is 0 Å². The molecular formula is C13H13ClO3. The molecule has 0 N–H and O–H groups in total. The third kappa shape index (κ3) is 1.84. The first kappa shape index (κ1) is 12.1. The summed E-state index contributed by atoms with van der Waals surface area (Å²) in [5.41, 5.74) is 0.297. The van der Waals surface area contributed by atoms with Gasteiger partial charge in [0.1, 0.15) is 5.41 Å². The number of hydrogen-bond donors (Lipinski definition) is 0. The molecule has 1 aromatic rings. The minimum atomic E-state index is -1.09. The highest BCUT2D eigenvalue weighted by Crippen LogP contribution is 2.38. The van der Waals surface area contributed by atoms with Gasteiger partial charge in [0.2, 0.25) is 0 Å². The summed E-state index contributed by atoms with van der Waals surface area (Å²) in [6.07, 6.45) is 0.362. The van der Waals surface area contributed by atoms with Gasteiger partial charge in [-0.3, -0.25) is 9.59 Å². The third-order valence-corrected chi connectivity index (χ3v) is 3.32. The molecule has 0 saturated heterocycles. The summed E-state index contributed by atoms with van der Waals surface area (Å²) >= 11 is 5.88. The molecule has 0 radical (unpaired) electrons. The van der Waals surface area contributed by atoms with Gasteiger partial charge in [-0.1, -0.05) is 11.6 Å². The van der Waals surface area contributed by atoms with Crippen molar-refractivity contribution < 1.29 is 14.3 Å². The van der Waals surface area contributed by atoms with Crippen LogP contribution in [0, 0.1) is 5.41 Å². The van der Waals surface area contributed by atoms with Gasteiger partial charge in [0, 0.05) is 10.6 Å². The molecule has 2 rings (SSSR count). The Balaban J connectivity index is 2.39. The second-order valence-corrected chi connectivity index (χ2v) is 4.80. The summed E-state index contributed by atoms with van der Waals surface area (Å²) in [6.45, 7) is 3.63. The maximum atomic E-state index is 12.2. The molecule has 1 unspecified atom stereocenters. The molecule has 1 aliphatic carbocycles. The van der Waals surface area contributed by atoms with E-state index in [0.717, 1.165) is 5.56 Å². The van der Waals surface area contributed by atoms with Gasteiger partial charge in [0.15, 0.2) is 5.78 Å². The summed E-state index contributed by atoms with van der Waals surface area (Å²) < 4.78 is 4.97. The van der Waals surface area contributed by atoms with E-state index in [1.165, 1.54) is 0 Å². The van der Waals surface area contributed by atoms with E-state index in [0.29, 0.717) is 17.0 Å². The molecule has 4 heteroatoms. The van der Waals surface area contributed by atoms with Crippen molar-refractivity contribution in [3.8, 4) is 0 Å². The Kier molecular flexibility index (Phi) is 2.96. The summed E-state index contributed by atoms with van der Waals surface area (Å²) in [5, 5.41) is 0.574. The lowest BCUT2D eigenvalue weighted by Crippen LogP contribution is -2.35. The number of halogens is 1. The van der Waals surface area contributed by atoms with E-state index in [4.69, 9.17) is 16.3 Å². The molecule has 1 aromatic carbocycles. The van der Waals surface area contributed by atoms with E-state index in [9.17, 15) is 9.59 Å². The van der Waals surface area contributed by atoms with Crippen LogP contribution >= 0.6 is 11.6 Å². The lowest BCUT2D eigenvalue weighted by Gasteiger charge is -2.19. The van der Waals surface area contributed by atoms with E-state index in [2.05, 4.69) is 0 Å². The standard InChI is InChI=1S/C13H13ClO3/c1-3-17-12(16)13(2)7-8-6-9(14)4-5-10(8)11(13)15/h4-6H,3,7H2,1-2H3. The van der Waals surface area contributed by atoms with Gasteiger partial charge in [-0.05, 0) is 44.0 Å². The van der Waals surface area contributed by atoms with Crippen molar-refractivity contribution in [1.82, 2.24) is 0 Å². The van der Waals surface area contributed by atoms with Crippen molar-refractivity contribution in [2.24, 2.45) is 5.41 Å². The number of fused-ring (bicyclic) bond motifs is 1. The number of ether oxygens (including phenoxy) is 1. The molecule has 1 atom stereocenters. The Hall–Kier alpha value is -1.35. The van der Waals surface area contributed by atoms with Crippen LogP contribution in [0.5, 0.6) is 0 Å². The second-order valence-electron chi connectivity index (χ2n) is 4.36. The van der Waals surface area contributed by atoms with Crippen molar-refractivity contribution in [3.05, 3.63) is 34.3 Å². The van der Waals surface area contributed by atoms with E-state index in [1.807, 2.05) is 0 Å². The fourth-order valence-electron chi connectivity index (χ4n) is 2.14. The maximum Gasteiger partial charge on any atom is 0.320 e. The Morgan fingerprint density at radius 3 is 2.88 bits per heavy atom. The molecule has 0 amide bonds. The van der Waals surface area contributed by atoms with E-state index >= 15 is 0 Å². The Morgan fingerprint density at radius 2 is 2.24 bits per heavy atom. The quantitative estimate of drug-likeness (QED) is 0.600. The average molecular weight is 253 g/mol. The molecule has 0 fully saturated rings. The van der Waals surface area contributed by atoms with Crippen molar-refractivity contribution >= 4 is 23.4 Å². The zero-order valence-corrected chi connectivity index (χ0v) is 10.5. The summed E-state index contributed by atoms with van der Waals surface area (Å²) in [7, 11) is 0. The van der Waals surface area contributed by atoms with Gasteiger partial charge in [-0.15, -0.1) is 0 Å². The maximum absolute atomic E-state index is 12.2. The molecule has 0 bridgehead atoms. The zero-order valence-electron chi connectivity index (χ0n) is 9.75. The monoisotopic (exact) mass is 252 g/mol. The number of Topliss-reactive ketones (excluding diaryl/α,β-unsaturated/α-hetero) is 1. The second kappa shape index (κ2) is 4.15. The molecule has 17 heavy (non-hydrogen) atoms. The van der Waals surface area contributed by atoms with E-state index in [-0.39, 0.29) is 12.4 Å². The summed E-state index contributed by atoms with van der Waals surface area (Å²) in [4.78, 5) is 24.1. The molecule has 1 aliphatic rings. The molecule has 0 spiro atoms. The van der Waals surface area contributed by atoms with Crippen molar-refractivity contribution in [2.75, 3.05) is 6.61 Å². The molecule has 0 saturated carbocycles. The van der Waals surface area contributed by atoms with E-state index < -0.39 is 11.4 Å². The van der Waals surface area contributed by atoms with Crippen LogP contribution in [0.3, 0.4) is 0 Å². The smallest absolute Gasteiger partial charge is 0.320 e. The number of carbonyl (C=O) groups is 2. The molecular weight excluding hydrogens is 240 g/mol. The summed E-state index contributed by atoms with van der Waals surface area (Å²) in [5.74, 6) is -0.639. The molecule has 0 aromatic heterocycles. The zero-order chi connectivity index (χ0) is 12.6. The number of benzene rings is 1. The number of hydrogen-bond acceptors (Lipinski definition) is 3. The molecule has 0 heterocycles. The summed E-state index contributed by atoms with van der Waals surface area (Å²) in [6, 6.07) is 5.07. The predicted octanol–water partition coefficient (Wildman–Crippen LogP) is 2.65. The first-order chi connectivity index (χ1) is 7.99. The first-order valence-electron chi connectivity index (χ1n) is 5.49. The minimum Gasteiger partial charge on any atom is -0.465 e. The van der Waals surface area contributed by atoms with Crippen LogP contribution in [0.1, 0.15) is 29.8 Å². The lowest BCUT2D eigenvalue weighted by molar-refractivity contribution is -0.151. The fraction of sp³-hybridized carbons (Fsp3) is 0.385. The highest BCUT2D eigenvalue weighted by Gasteiger charge is 2.48. The Bertz CT molecular complexity index is 495. The SMILES string of the molecule is CCOC(=O)C1(C)Cc2cc(Cl)ccc2C1=O. The van der Waals surface area contributed by atoms with Gasteiger partial charge < -0.3 is 4.74 Å².